The number of carbonyl (C=O) groups excluding carboxylic acids is 3. The third kappa shape index (κ3) is 7.21. The SMILES string of the molecule is CCOC(=O)Oc1ccc(C(=O)Nc2ccccc2NC(=O)CCc2ccc(C)cc2)cc1. The lowest BCUT2D eigenvalue weighted by Gasteiger charge is -2.13. The van der Waals surface area contributed by atoms with Crippen LogP contribution in [-0.4, -0.2) is 24.6 Å². The van der Waals surface area contributed by atoms with Gasteiger partial charge in [-0.2, -0.15) is 0 Å². The number of rotatable bonds is 8. The Balaban J connectivity index is 1.59. The van der Waals surface area contributed by atoms with Crippen molar-refractivity contribution in [2.75, 3.05) is 17.2 Å². The Morgan fingerprint density at radius 2 is 1.45 bits per heavy atom. The maximum Gasteiger partial charge on any atom is 0.513 e. The summed E-state index contributed by atoms with van der Waals surface area (Å²) in [4.78, 5) is 36.5. The van der Waals surface area contributed by atoms with Crippen LogP contribution in [0.2, 0.25) is 0 Å². The van der Waals surface area contributed by atoms with Crippen molar-refractivity contribution in [1.82, 2.24) is 0 Å². The number of hydrogen-bond donors (Lipinski definition) is 2. The molecule has 0 saturated heterocycles. The fourth-order valence-corrected chi connectivity index (χ4v) is 3.04. The molecule has 0 heterocycles. The molecular formula is C26H26N2O5. The molecule has 0 unspecified atom stereocenters. The van der Waals surface area contributed by atoms with Gasteiger partial charge in [-0.25, -0.2) is 4.79 Å². The molecule has 2 N–H and O–H groups in total. The monoisotopic (exact) mass is 446 g/mol. The van der Waals surface area contributed by atoms with E-state index < -0.39 is 6.16 Å². The lowest BCUT2D eigenvalue weighted by molar-refractivity contribution is -0.116. The first-order valence-electron chi connectivity index (χ1n) is 10.6. The van der Waals surface area contributed by atoms with Crippen LogP contribution < -0.4 is 15.4 Å². The summed E-state index contributed by atoms with van der Waals surface area (Å²) in [6.45, 7) is 3.91. The molecule has 3 aromatic carbocycles. The molecule has 0 spiro atoms. The van der Waals surface area contributed by atoms with Gasteiger partial charge in [0.25, 0.3) is 5.91 Å². The van der Waals surface area contributed by atoms with Gasteiger partial charge >= 0.3 is 6.16 Å². The van der Waals surface area contributed by atoms with Crippen LogP contribution in [0.25, 0.3) is 0 Å². The van der Waals surface area contributed by atoms with Gasteiger partial charge < -0.3 is 20.1 Å². The van der Waals surface area contributed by atoms with E-state index in [1.54, 1.807) is 31.2 Å². The van der Waals surface area contributed by atoms with Crippen molar-refractivity contribution in [3.8, 4) is 5.75 Å². The fraction of sp³-hybridized carbons (Fsp3) is 0.192. The van der Waals surface area contributed by atoms with Gasteiger partial charge in [0, 0.05) is 12.0 Å². The molecule has 2 amide bonds. The Morgan fingerprint density at radius 3 is 2.09 bits per heavy atom. The van der Waals surface area contributed by atoms with Gasteiger partial charge in [-0.1, -0.05) is 42.0 Å². The molecule has 0 fully saturated rings. The minimum absolute atomic E-state index is 0.141. The predicted octanol–water partition coefficient (Wildman–Crippen LogP) is 5.35. The third-order valence-electron chi connectivity index (χ3n) is 4.79. The van der Waals surface area contributed by atoms with Crippen LogP contribution in [0.5, 0.6) is 5.75 Å². The Labute approximate surface area is 192 Å². The Hall–Kier alpha value is -4.13. The van der Waals surface area contributed by atoms with Gasteiger partial charge in [-0.3, -0.25) is 9.59 Å². The molecule has 170 valence electrons. The van der Waals surface area contributed by atoms with E-state index in [9.17, 15) is 14.4 Å². The summed E-state index contributed by atoms with van der Waals surface area (Å²) in [5.41, 5.74) is 3.63. The van der Waals surface area contributed by atoms with Gasteiger partial charge in [-0.05, 0) is 62.2 Å². The first-order chi connectivity index (χ1) is 15.9. The van der Waals surface area contributed by atoms with Crippen LogP contribution in [0.4, 0.5) is 16.2 Å². The van der Waals surface area contributed by atoms with E-state index in [1.807, 2.05) is 31.2 Å². The van der Waals surface area contributed by atoms with Gasteiger partial charge in [0.05, 0.1) is 18.0 Å². The maximum atomic E-state index is 12.7. The van der Waals surface area contributed by atoms with E-state index in [0.717, 1.165) is 5.56 Å². The highest BCUT2D eigenvalue weighted by atomic mass is 16.7. The number of anilines is 2. The van der Waals surface area contributed by atoms with E-state index in [2.05, 4.69) is 10.6 Å². The first kappa shape index (κ1) is 23.5. The number of carbonyl (C=O) groups is 3. The van der Waals surface area contributed by atoms with Crippen molar-refractivity contribution in [2.45, 2.75) is 26.7 Å². The Bertz CT molecular complexity index is 1110. The van der Waals surface area contributed by atoms with Crippen LogP contribution >= 0.6 is 0 Å². The average molecular weight is 447 g/mol. The zero-order chi connectivity index (χ0) is 23.6. The maximum absolute atomic E-state index is 12.7. The van der Waals surface area contributed by atoms with Gasteiger partial charge in [0.2, 0.25) is 5.91 Å². The molecule has 0 aliphatic rings. The highest BCUT2D eigenvalue weighted by molar-refractivity contribution is 6.07. The van der Waals surface area contributed by atoms with Crippen molar-refractivity contribution < 1.29 is 23.9 Å². The molecule has 0 radical (unpaired) electrons. The van der Waals surface area contributed by atoms with E-state index in [1.165, 1.54) is 29.8 Å². The number of para-hydroxylation sites is 2. The number of amides is 2. The Kier molecular flexibility index (Phi) is 8.18. The van der Waals surface area contributed by atoms with Crippen molar-refractivity contribution in [3.05, 3.63) is 89.5 Å². The van der Waals surface area contributed by atoms with Gasteiger partial charge in [0.1, 0.15) is 5.75 Å². The van der Waals surface area contributed by atoms with E-state index in [-0.39, 0.29) is 24.2 Å². The summed E-state index contributed by atoms with van der Waals surface area (Å²) in [5, 5.41) is 5.67. The van der Waals surface area contributed by atoms with Crippen LogP contribution in [0, 0.1) is 6.92 Å². The second-order valence-corrected chi connectivity index (χ2v) is 7.34. The molecule has 0 atom stereocenters. The van der Waals surface area contributed by atoms with Crippen molar-refractivity contribution in [3.63, 3.8) is 0 Å². The molecule has 7 nitrogen and oxygen atoms in total. The normalized spacial score (nSPS) is 10.2. The average Bonchev–Trinajstić information content (AvgIpc) is 2.80. The molecular weight excluding hydrogens is 420 g/mol. The molecule has 0 aliphatic carbocycles. The standard InChI is InChI=1S/C26H26N2O5/c1-3-32-26(31)33-21-15-13-20(14-16-21)25(30)28-23-7-5-4-6-22(23)27-24(29)17-12-19-10-8-18(2)9-11-19/h4-11,13-16H,3,12,17H2,1-2H3,(H,27,29)(H,28,30). The lowest BCUT2D eigenvalue weighted by atomic mass is 10.1. The summed E-state index contributed by atoms with van der Waals surface area (Å²) in [7, 11) is 0. The van der Waals surface area contributed by atoms with Gasteiger partial charge in [-0.15, -0.1) is 0 Å². The predicted molar refractivity (Wildman–Crippen MR) is 127 cm³/mol. The molecule has 7 heteroatoms. The zero-order valence-electron chi connectivity index (χ0n) is 18.6. The molecule has 0 aliphatic heterocycles. The number of hydrogen-bond acceptors (Lipinski definition) is 5. The first-order valence-corrected chi connectivity index (χ1v) is 10.6. The van der Waals surface area contributed by atoms with Crippen LogP contribution in [0.15, 0.2) is 72.8 Å². The number of nitrogens with one attached hydrogen (secondary N) is 2. The molecule has 3 aromatic rings. The van der Waals surface area contributed by atoms with E-state index >= 15 is 0 Å². The molecule has 0 saturated carbocycles. The van der Waals surface area contributed by atoms with Gasteiger partial charge in [0.15, 0.2) is 0 Å². The number of aryl methyl sites for hydroxylation is 2. The molecule has 0 bridgehead atoms. The van der Waals surface area contributed by atoms with Crippen molar-refractivity contribution in [2.24, 2.45) is 0 Å². The molecule has 3 rings (SSSR count). The second-order valence-electron chi connectivity index (χ2n) is 7.34. The fourth-order valence-electron chi connectivity index (χ4n) is 3.04. The highest BCUT2D eigenvalue weighted by Gasteiger charge is 2.12. The molecule has 33 heavy (non-hydrogen) atoms. The Morgan fingerprint density at radius 1 is 0.818 bits per heavy atom. The van der Waals surface area contributed by atoms with Crippen LogP contribution in [0.3, 0.4) is 0 Å². The third-order valence-corrected chi connectivity index (χ3v) is 4.79. The second kappa shape index (κ2) is 11.5. The largest absolute Gasteiger partial charge is 0.513 e. The summed E-state index contributed by atoms with van der Waals surface area (Å²) < 4.78 is 9.71. The lowest BCUT2D eigenvalue weighted by Crippen LogP contribution is -2.17. The summed E-state index contributed by atoms with van der Waals surface area (Å²) >= 11 is 0. The zero-order valence-corrected chi connectivity index (χ0v) is 18.6. The summed E-state index contributed by atoms with van der Waals surface area (Å²) in [6.07, 6.45) is 0.149. The minimum Gasteiger partial charge on any atom is -0.434 e. The summed E-state index contributed by atoms with van der Waals surface area (Å²) in [6, 6.07) is 21.2. The minimum atomic E-state index is -0.804. The number of benzene rings is 3. The van der Waals surface area contributed by atoms with Crippen molar-refractivity contribution in [1.29, 1.82) is 0 Å². The topological polar surface area (TPSA) is 93.7 Å². The summed E-state index contributed by atoms with van der Waals surface area (Å²) in [5.74, 6) is -0.233. The smallest absolute Gasteiger partial charge is 0.434 e. The van der Waals surface area contributed by atoms with E-state index in [0.29, 0.717) is 29.8 Å². The van der Waals surface area contributed by atoms with E-state index in [4.69, 9.17) is 9.47 Å². The van der Waals surface area contributed by atoms with Crippen molar-refractivity contribution >= 4 is 29.3 Å². The molecule has 0 aromatic heterocycles. The van der Waals surface area contributed by atoms with Crippen LogP contribution in [0.1, 0.15) is 34.8 Å². The van der Waals surface area contributed by atoms with Crippen LogP contribution in [-0.2, 0) is 16.0 Å². The number of ether oxygens (including phenoxy) is 2. The highest BCUT2D eigenvalue weighted by Crippen LogP contribution is 2.23. The quantitative estimate of drug-likeness (QED) is 0.359.